The lowest BCUT2D eigenvalue weighted by atomic mass is 10.1. The van der Waals surface area contributed by atoms with Gasteiger partial charge < -0.3 is 15.0 Å². The molecule has 1 unspecified atom stereocenters. The fourth-order valence-corrected chi connectivity index (χ4v) is 3.19. The number of amides is 2. The highest BCUT2D eigenvalue weighted by molar-refractivity contribution is 6.41. The average Bonchev–Trinajstić information content (AvgIpc) is 3.13. The number of pyridine rings is 1. The van der Waals surface area contributed by atoms with E-state index in [2.05, 4.69) is 10.3 Å². The van der Waals surface area contributed by atoms with Crippen LogP contribution in [-0.2, 0) is 9.59 Å². The molecular formula is C18H18ClN3O3. The molecule has 7 heteroatoms. The number of likely N-dealkylation sites (tertiary alicyclic amines) is 1. The fraction of sp³-hybridized carbons (Fsp3) is 0.278. The van der Waals surface area contributed by atoms with Gasteiger partial charge in [0.25, 0.3) is 0 Å². The largest absolute Gasteiger partial charge is 0.497 e. The number of carbonyl (C=O) groups is 2. The molecule has 1 N–H and O–H groups in total. The monoisotopic (exact) mass is 359 g/mol. The van der Waals surface area contributed by atoms with Crippen LogP contribution < -0.4 is 10.1 Å². The van der Waals surface area contributed by atoms with Gasteiger partial charge in [0.2, 0.25) is 0 Å². The van der Waals surface area contributed by atoms with Gasteiger partial charge in [-0.2, -0.15) is 0 Å². The Bertz CT molecular complexity index is 782. The molecule has 1 atom stereocenters. The number of methoxy groups -OCH3 is 1. The summed E-state index contributed by atoms with van der Waals surface area (Å²) in [6.07, 6.45) is 5.06. The van der Waals surface area contributed by atoms with Crippen LogP contribution in [0.4, 0.5) is 5.69 Å². The highest BCUT2D eigenvalue weighted by Gasteiger charge is 2.33. The molecule has 3 rings (SSSR count). The number of ether oxygens (including phenoxy) is 1. The van der Waals surface area contributed by atoms with E-state index in [1.807, 2.05) is 12.1 Å². The maximum Gasteiger partial charge on any atom is 0.313 e. The van der Waals surface area contributed by atoms with Gasteiger partial charge in [0, 0.05) is 25.0 Å². The summed E-state index contributed by atoms with van der Waals surface area (Å²) in [6.45, 7) is 0.551. The smallest absolute Gasteiger partial charge is 0.313 e. The molecule has 0 saturated carbocycles. The Hall–Kier alpha value is -2.60. The fourth-order valence-electron chi connectivity index (χ4n) is 2.97. The van der Waals surface area contributed by atoms with E-state index in [0.717, 1.165) is 18.4 Å². The van der Waals surface area contributed by atoms with E-state index in [9.17, 15) is 9.59 Å². The first-order chi connectivity index (χ1) is 12.1. The highest BCUT2D eigenvalue weighted by atomic mass is 35.5. The van der Waals surface area contributed by atoms with Crippen LogP contribution in [0.3, 0.4) is 0 Å². The lowest BCUT2D eigenvalue weighted by Gasteiger charge is -2.24. The summed E-state index contributed by atoms with van der Waals surface area (Å²) in [5.41, 5.74) is 1.36. The Balaban J connectivity index is 1.73. The molecule has 6 nitrogen and oxygen atoms in total. The first kappa shape index (κ1) is 17.2. The predicted molar refractivity (Wildman–Crippen MR) is 94.6 cm³/mol. The first-order valence-electron chi connectivity index (χ1n) is 7.95. The quantitative estimate of drug-likeness (QED) is 0.855. The lowest BCUT2D eigenvalue weighted by Crippen LogP contribution is -2.39. The second-order valence-corrected chi connectivity index (χ2v) is 6.14. The van der Waals surface area contributed by atoms with Crippen LogP contribution >= 0.6 is 11.6 Å². The molecule has 0 bridgehead atoms. The molecule has 0 aliphatic carbocycles. The summed E-state index contributed by atoms with van der Waals surface area (Å²) in [4.78, 5) is 30.6. The molecule has 1 aliphatic rings. The molecule has 130 valence electrons. The van der Waals surface area contributed by atoms with E-state index in [4.69, 9.17) is 16.3 Å². The molecule has 2 aromatic rings. The second kappa shape index (κ2) is 7.53. The Morgan fingerprint density at radius 1 is 1.28 bits per heavy atom. The molecule has 1 fully saturated rings. The summed E-state index contributed by atoms with van der Waals surface area (Å²) < 4.78 is 5.07. The van der Waals surface area contributed by atoms with Crippen molar-refractivity contribution < 1.29 is 14.3 Å². The van der Waals surface area contributed by atoms with Crippen molar-refractivity contribution in [3.05, 3.63) is 53.3 Å². The van der Waals surface area contributed by atoms with Crippen LogP contribution in [-0.4, -0.2) is 35.4 Å². The van der Waals surface area contributed by atoms with E-state index in [0.29, 0.717) is 23.0 Å². The van der Waals surface area contributed by atoms with E-state index >= 15 is 0 Å². The van der Waals surface area contributed by atoms with Crippen molar-refractivity contribution in [2.45, 2.75) is 18.9 Å². The Morgan fingerprint density at radius 3 is 2.72 bits per heavy atom. The Labute approximate surface area is 150 Å². The van der Waals surface area contributed by atoms with Gasteiger partial charge in [0.1, 0.15) is 5.75 Å². The second-order valence-electron chi connectivity index (χ2n) is 5.74. The number of halogens is 1. The van der Waals surface area contributed by atoms with Crippen LogP contribution in [0.25, 0.3) is 0 Å². The minimum absolute atomic E-state index is 0.104. The highest BCUT2D eigenvalue weighted by Crippen LogP contribution is 2.32. The Morgan fingerprint density at radius 2 is 2.04 bits per heavy atom. The Kier molecular flexibility index (Phi) is 5.19. The van der Waals surface area contributed by atoms with Gasteiger partial charge in [-0.05, 0) is 42.7 Å². The normalized spacial score (nSPS) is 16.6. The zero-order valence-corrected chi connectivity index (χ0v) is 14.5. The van der Waals surface area contributed by atoms with Crippen LogP contribution in [0.2, 0.25) is 5.02 Å². The van der Waals surface area contributed by atoms with Crippen molar-refractivity contribution >= 4 is 29.1 Å². The van der Waals surface area contributed by atoms with Crippen LogP contribution in [0.1, 0.15) is 24.4 Å². The number of carbonyl (C=O) groups excluding carboxylic acids is 2. The molecular weight excluding hydrogens is 342 g/mol. The molecule has 1 aliphatic heterocycles. The van der Waals surface area contributed by atoms with Gasteiger partial charge in [0.05, 0.1) is 23.9 Å². The van der Waals surface area contributed by atoms with Crippen molar-refractivity contribution in [3.63, 3.8) is 0 Å². The molecule has 1 saturated heterocycles. The summed E-state index contributed by atoms with van der Waals surface area (Å²) >= 11 is 6.11. The third-order valence-corrected chi connectivity index (χ3v) is 4.54. The van der Waals surface area contributed by atoms with Gasteiger partial charge >= 0.3 is 11.8 Å². The van der Waals surface area contributed by atoms with Crippen LogP contribution in [0.15, 0.2) is 42.7 Å². The first-order valence-corrected chi connectivity index (χ1v) is 8.33. The van der Waals surface area contributed by atoms with Gasteiger partial charge in [-0.3, -0.25) is 14.6 Å². The summed E-state index contributed by atoms with van der Waals surface area (Å²) in [7, 11) is 1.53. The number of rotatable bonds is 3. The van der Waals surface area contributed by atoms with E-state index in [1.165, 1.54) is 7.11 Å². The topological polar surface area (TPSA) is 71.5 Å². The predicted octanol–water partition coefficient (Wildman–Crippen LogP) is 3.05. The lowest BCUT2D eigenvalue weighted by molar-refractivity contribution is -0.143. The number of benzene rings is 1. The van der Waals surface area contributed by atoms with Crippen molar-refractivity contribution in [2.75, 3.05) is 19.0 Å². The summed E-state index contributed by atoms with van der Waals surface area (Å²) in [5, 5.41) is 2.89. The van der Waals surface area contributed by atoms with E-state index in [-0.39, 0.29) is 6.04 Å². The van der Waals surface area contributed by atoms with Crippen molar-refractivity contribution in [2.24, 2.45) is 0 Å². The number of nitrogens with one attached hydrogen (secondary N) is 1. The zero-order valence-electron chi connectivity index (χ0n) is 13.7. The van der Waals surface area contributed by atoms with Crippen molar-refractivity contribution in [1.82, 2.24) is 9.88 Å². The standard InChI is InChI=1S/C18H18ClN3O3/c1-25-13-4-5-15(14(19)11-13)21-17(23)18(24)22-10-2-3-16(22)12-6-8-20-9-7-12/h4-9,11,16H,2-3,10H2,1H3,(H,21,23). The number of anilines is 1. The van der Waals surface area contributed by atoms with Gasteiger partial charge in [-0.15, -0.1) is 0 Å². The molecule has 0 spiro atoms. The van der Waals surface area contributed by atoms with Crippen LogP contribution in [0, 0.1) is 0 Å². The summed E-state index contributed by atoms with van der Waals surface area (Å²) in [6, 6.07) is 8.49. The van der Waals surface area contributed by atoms with Crippen molar-refractivity contribution in [1.29, 1.82) is 0 Å². The average molecular weight is 360 g/mol. The molecule has 1 aromatic heterocycles. The zero-order chi connectivity index (χ0) is 17.8. The maximum atomic E-state index is 12.6. The SMILES string of the molecule is COc1ccc(NC(=O)C(=O)N2CCCC2c2ccncc2)c(Cl)c1. The van der Waals surface area contributed by atoms with Gasteiger partial charge in [-0.1, -0.05) is 11.6 Å². The number of aromatic nitrogens is 1. The molecule has 25 heavy (non-hydrogen) atoms. The molecule has 0 radical (unpaired) electrons. The molecule has 2 heterocycles. The summed E-state index contributed by atoms with van der Waals surface area (Å²) in [5.74, 6) is -0.689. The van der Waals surface area contributed by atoms with Crippen LogP contribution in [0.5, 0.6) is 5.75 Å². The maximum absolute atomic E-state index is 12.6. The van der Waals surface area contributed by atoms with Gasteiger partial charge in [0.15, 0.2) is 0 Å². The van der Waals surface area contributed by atoms with Crippen molar-refractivity contribution in [3.8, 4) is 5.75 Å². The molecule has 1 aromatic carbocycles. The number of hydrogen-bond acceptors (Lipinski definition) is 4. The number of nitrogens with zero attached hydrogens (tertiary/aromatic N) is 2. The molecule has 2 amide bonds. The number of hydrogen-bond donors (Lipinski definition) is 1. The minimum Gasteiger partial charge on any atom is -0.497 e. The van der Waals surface area contributed by atoms with E-state index in [1.54, 1.807) is 35.5 Å². The third kappa shape index (κ3) is 3.74. The minimum atomic E-state index is -0.701. The van der Waals surface area contributed by atoms with E-state index < -0.39 is 11.8 Å². The third-order valence-electron chi connectivity index (χ3n) is 4.22. The van der Waals surface area contributed by atoms with Gasteiger partial charge in [-0.25, -0.2) is 0 Å².